The van der Waals surface area contributed by atoms with Gasteiger partial charge in [-0.3, -0.25) is 4.90 Å². The molecule has 0 radical (unpaired) electrons. The summed E-state index contributed by atoms with van der Waals surface area (Å²) in [4.78, 5) is 2.16. The molecule has 1 aromatic heterocycles. The first kappa shape index (κ1) is 12.9. The molecule has 1 aromatic rings. The van der Waals surface area contributed by atoms with Crippen LogP contribution in [0, 0.1) is 17.2 Å². The lowest BCUT2D eigenvalue weighted by Gasteiger charge is -2.20. The zero-order chi connectivity index (χ0) is 12.0. The Morgan fingerprint density at radius 1 is 1.50 bits per heavy atom. The maximum Gasteiger partial charge on any atom is 0.151 e. The van der Waals surface area contributed by atoms with Gasteiger partial charge in [-0.2, -0.15) is 10.4 Å². The Bertz CT molecular complexity index is 357. The van der Waals surface area contributed by atoms with E-state index in [0.29, 0.717) is 11.7 Å². The van der Waals surface area contributed by atoms with Gasteiger partial charge in [-0.05, 0) is 25.6 Å². The van der Waals surface area contributed by atoms with Crippen molar-refractivity contribution in [3.8, 4) is 6.07 Å². The van der Waals surface area contributed by atoms with Crippen molar-refractivity contribution >= 4 is 11.6 Å². The van der Waals surface area contributed by atoms with E-state index in [1.54, 1.807) is 6.07 Å². The third kappa shape index (κ3) is 4.13. The van der Waals surface area contributed by atoms with E-state index in [9.17, 15) is 0 Å². The minimum atomic E-state index is 0.0280. The summed E-state index contributed by atoms with van der Waals surface area (Å²) < 4.78 is 0. The van der Waals surface area contributed by atoms with Gasteiger partial charge in [0.25, 0.3) is 0 Å². The molecule has 0 aliphatic heterocycles. The summed E-state index contributed by atoms with van der Waals surface area (Å²) in [7, 11) is 0. The summed E-state index contributed by atoms with van der Waals surface area (Å²) in [6.45, 7) is 6.31. The van der Waals surface area contributed by atoms with Crippen molar-refractivity contribution in [2.75, 3.05) is 13.1 Å². The average molecular weight is 239 g/mol. The SMILES string of the molecule is CCN(Cc1ccc(Cl)nn1)CC(C)C#N. The van der Waals surface area contributed by atoms with Gasteiger partial charge in [0, 0.05) is 13.1 Å². The van der Waals surface area contributed by atoms with Crippen LogP contribution in [0.4, 0.5) is 0 Å². The lowest BCUT2D eigenvalue weighted by atomic mass is 10.2. The molecule has 0 aliphatic rings. The van der Waals surface area contributed by atoms with E-state index >= 15 is 0 Å². The minimum absolute atomic E-state index is 0.0280. The maximum absolute atomic E-state index is 8.76. The number of nitriles is 1. The first-order valence-electron chi connectivity index (χ1n) is 5.25. The summed E-state index contributed by atoms with van der Waals surface area (Å²) in [6, 6.07) is 5.81. The Morgan fingerprint density at radius 3 is 2.75 bits per heavy atom. The summed E-state index contributed by atoms with van der Waals surface area (Å²) in [5.41, 5.74) is 0.872. The molecule has 5 heteroatoms. The van der Waals surface area contributed by atoms with Crippen LogP contribution in [0.3, 0.4) is 0 Å². The van der Waals surface area contributed by atoms with Crippen LogP contribution in [0.5, 0.6) is 0 Å². The zero-order valence-electron chi connectivity index (χ0n) is 9.52. The predicted octanol–water partition coefficient (Wildman–Crippen LogP) is 2.11. The molecule has 1 heterocycles. The fourth-order valence-corrected chi connectivity index (χ4v) is 1.49. The summed E-state index contributed by atoms with van der Waals surface area (Å²) >= 11 is 5.66. The normalized spacial score (nSPS) is 12.4. The lowest BCUT2D eigenvalue weighted by Crippen LogP contribution is -2.28. The fraction of sp³-hybridized carbons (Fsp3) is 0.545. The third-order valence-corrected chi connectivity index (χ3v) is 2.47. The molecule has 1 rings (SSSR count). The second kappa shape index (κ2) is 6.41. The highest BCUT2D eigenvalue weighted by atomic mass is 35.5. The predicted molar refractivity (Wildman–Crippen MR) is 62.8 cm³/mol. The van der Waals surface area contributed by atoms with Crippen LogP contribution < -0.4 is 0 Å². The van der Waals surface area contributed by atoms with Crippen molar-refractivity contribution in [1.82, 2.24) is 15.1 Å². The molecular formula is C11H15ClN4. The van der Waals surface area contributed by atoms with E-state index < -0.39 is 0 Å². The Balaban J connectivity index is 2.56. The van der Waals surface area contributed by atoms with Crippen LogP contribution in [0.15, 0.2) is 12.1 Å². The first-order chi connectivity index (χ1) is 7.65. The number of aromatic nitrogens is 2. The number of nitrogens with zero attached hydrogens (tertiary/aromatic N) is 4. The Labute approximate surface area is 101 Å². The van der Waals surface area contributed by atoms with Gasteiger partial charge in [-0.25, -0.2) is 0 Å². The van der Waals surface area contributed by atoms with Crippen molar-refractivity contribution in [3.63, 3.8) is 0 Å². The van der Waals surface area contributed by atoms with Gasteiger partial charge in [0.15, 0.2) is 5.15 Å². The van der Waals surface area contributed by atoms with E-state index in [1.165, 1.54) is 0 Å². The Kier molecular flexibility index (Phi) is 5.17. The molecule has 0 aromatic carbocycles. The van der Waals surface area contributed by atoms with E-state index in [1.807, 2.05) is 13.0 Å². The molecule has 0 bridgehead atoms. The van der Waals surface area contributed by atoms with Crippen LogP contribution in [0.2, 0.25) is 5.15 Å². The van der Waals surface area contributed by atoms with Crippen LogP contribution in [-0.4, -0.2) is 28.2 Å². The molecule has 0 spiro atoms. The van der Waals surface area contributed by atoms with Gasteiger partial charge in [0.1, 0.15) is 0 Å². The summed E-state index contributed by atoms with van der Waals surface area (Å²) in [6.07, 6.45) is 0. The van der Waals surface area contributed by atoms with Gasteiger partial charge >= 0.3 is 0 Å². The van der Waals surface area contributed by atoms with Crippen molar-refractivity contribution in [1.29, 1.82) is 5.26 Å². The van der Waals surface area contributed by atoms with Gasteiger partial charge in [0.2, 0.25) is 0 Å². The number of hydrogen-bond donors (Lipinski definition) is 0. The highest BCUT2D eigenvalue weighted by Crippen LogP contribution is 2.06. The van der Waals surface area contributed by atoms with Crippen molar-refractivity contribution in [2.24, 2.45) is 5.92 Å². The monoisotopic (exact) mass is 238 g/mol. The number of rotatable bonds is 5. The van der Waals surface area contributed by atoms with Gasteiger partial charge in [-0.15, -0.1) is 5.10 Å². The van der Waals surface area contributed by atoms with Gasteiger partial charge in [-0.1, -0.05) is 18.5 Å². The maximum atomic E-state index is 8.76. The van der Waals surface area contributed by atoms with E-state index in [-0.39, 0.29) is 5.92 Å². The second-order valence-electron chi connectivity index (χ2n) is 3.71. The summed E-state index contributed by atoms with van der Waals surface area (Å²) in [5, 5.41) is 16.9. The van der Waals surface area contributed by atoms with Crippen LogP contribution in [0.1, 0.15) is 19.5 Å². The summed E-state index contributed by atoms with van der Waals surface area (Å²) in [5.74, 6) is 0.0280. The average Bonchev–Trinajstić information content (AvgIpc) is 2.30. The van der Waals surface area contributed by atoms with Crippen molar-refractivity contribution < 1.29 is 0 Å². The standard InChI is InChI=1S/C11H15ClN4/c1-3-16(7-9(2)6-13)8-10-4-5-11(12)15-14-10/h4-5,9H,3,7-8H2,1-2H3. The number of halogens is 1. The molecule has 0 N–H and O–H groups in total. The van der Waals surface area contributed by atoms with Crippen LogP contribution in [-0.2, 0) is 6.54 Å². The molecule has 0 saturated heterocycles. The topological polar surface area (TPSA) is 52.8 Å². The van der Waals surface area contributed by atoms with E-state index in [2.05, 4.69) is 28.1 Å². The Hall–Kier alpha value is -1.18. The molecular weight excluding hydrogens is 224 g/mol. The van der Waals surface area contributed by atoms with Gasteiger partial charge in [0.05, 0.1) is 17.7 Å². The molecule has 86 valence electrons. The quantitative estimate of drug-likeness (QED) is 0.789. The lowest BCUT2D eigenvalue weighted by molar-refractivity contribution is 0.256. The van der Waals surface area contributed by atoms with Crippen molar-refractivity contribution in [2.45, 2.75) is 20.4 Å². The molecule has 1 atom stereocenters. The second-order valence-corrected chi connectivity index (χ2v) is 4.09. The number of hydrogen-bond acceptors (Lipinski definition) is 4. The molecule has 0 aliphatic carbocycles. The molecule has 1 unspecified atom stereocenters. The molecule has 16 heavy (non-hydrogen) atoms. The largest absolute Gasteiger partial charge is 0.296 e. The molecule has 0 fully saturated rings. The fourth-order valence-electron chi connectivity index (χ4n) is 1.39. The Morgan fingerprint density at radius 2 is 2.25 bits per heavy atom. The third-order valence-electron chi connectivity index (χ3n) is 2.27. The highest BCUT2D eigenvalue weighted by Gasteiger charge is 2.09. The zero-order valence-corrected chi connectivity index (χ0v) is 10.3. The molecule has 4 nitrogen and oxygen atoms in total. The van der Waals surface area contributed by atoms with E-state index in [0.717, 1.165) is 18.8 Å². The highest BCUT2D eigenvalue weighted by molar-refractivity contribution is 6.29. The smallest absolute Gasteiger partial charge is 0.151 e. The first-order valence-corrected chi connectivity index (χ1v) is 5.63. The van der Waals surface area contributed by atoms with E-state index in [4.69, 9.17) is 16.9 Å². The minimum Gasteiger partial charge on any atom is -0.296 e. The van der Waals surface area contributed by atoms with Crippen LogP contribution >= 0.6 is 11.6 Å². The van der Waals surface area contributed by atoms with Crippen LogP contribution in [0.25, 0.3) is 0 Å². The van der Waals surface area contributed by atoms with Gasteiger partial charge < -0.3 is 0 Å². The molecule has 0 saturated carbocycles. The molecule has 0 amide bonds. The van der Waals surface area contributed by atoms with Crippen molar-refractivity contribution in [3.05, 3.63) is 23.0 Å².